The Morgan fingerprint density at radius 1 is 0.722 bits per heavy atom. The first-order chi connectivity index (χ1) is 8.46. The van der Waals surface area contributed by atoms with E-state index in [1.165, 1.54) is 0 Å². The van der Waals surface area contributed by atoms with Crippen LogP contribution in [-0.2, 0) is 0 Å². The fourth-order valence-electron chi connectivity index (χ4n) is 2.21. The van der Waals surface area contributed by atoms with Crippen molar-refractivity contribution in [2.24, 2.45) is 0 Å². The van der Waals surface area contributed by atoms with Crippen LogP contribution in [0.5, 0.6) is 0 Å². The van der Waals surface area contributed by atoms with Crippen molar-refractivity contribution in [2.45, 2.75) is 26.3 Å². The Hall–Kier alpha value is -1.64. The molecule has 0 fully saturated rings. The van der Waals surface area contributed by atoms with Crippen LogP contribution in [0.15, 0.2) is 60.7 Å². The normalized spacial score (nSPS) is 12.4. The van der Waals surface area contributed by atoms with Gasteiger partial charge in [-0.3, -0.25) is 0 Å². The number of quaternary nitrogens is 1. The summed E-state index contributed by atoms with van der Waals surface area (Å²) in [5, 5.41) is 11.2. The lowest BCUT2D eigenvalue weighted by atomic mass is 10.0. The molecule has 2 nitrogen and oxygen atoms in total. The highest BCUT2D eigenvalue weighted by Gasteiger charge is 2.44. The zero-order valence-corrected chi connectivity index (χ0v) is 11.2. The fraction of sp³-hybridized carbons (Fsp3) is 0.250. The SMILES string of the molecule is CC(C)(C)[N+](O)(c1ccccc1)c1ccccc1. The van der Waals surface area contributed by atoms with Crippen molar-refractivity contribution >= 4 is 11.4 Å². The van der Waals surface area contributed by atoms with Gasteiger partial charge < -0.3 is 0 Å². The summed E-state index contributed by atoms with van der Waals surface area (Å²) in [6.07, 6.45) is 0. The van der Waals surface area contributed by atoms with Crippen LogP contribution >= 0.6 is 0 Å². The van der Waals surface area contributed by atoms with Gasteiger partial charge in [0.1, 0.15) is 5.54 Å². The van der Waals surface area contributed by atoms with E-state index >= 15 is 0 Å². The molecule has 18 heavy (non-hydrogen) atoms. The van der Waals surface area contributed by atoms with E-state index in [1.54, 1.807) is 0 Å². The van der Waals surface area contributed by atoms with Crippen LogP contribution in [0.25, 0.3) is 0 Å². The second-order valence-corrected chi connectivity index (χ2v) is 5.48. The van der Waals surface area contributed by atoms with Crippen molar-refractivity contribution in [3.05, 3.63) is 60.7 Å². The van der Waals surface area contributed by atoms with Crippen molar-refractivity contribution < 1.29 is 5.21 Å². The summed E-state index contributed by atoms with van der Waals surface area (Å²) >= 11 is 0. The Labute approximate surface area is 109 Å². The highest BCUT2D eigenvalue weighted by Crippen LogP contribution is 2.39. The Balaban J connectivity index is 2.63. The summed E-state index contributed by atoms with van der Waals surface area (Å²) in [5.74, 6) is 0. The van der Waals surface area contributed by atoms with Crippen LogP contribution in [0.1, 0.15) is 20.8 Å². The lowest BCUT2D eigenvalue weighted by Crippen LogP contribution is -2.55. The zero-order valence-electron chi connectivity index (χ0n) is 11.2. The minimum Gasteiger partial charge on any atom is -0.206 e. The van der Waals surface area contributed by atoms with Crippen LogP contribution < -0.4 is 4.65 Å². The van der Waals surface area contributed by atoms with E-state index in [2.05, 4.69) is 0 Å². The number of benzene rings is 2. The molecule has 0 aromatic heterocycles. The first kappa shape index (κ1) is 12.8. The maximum atomic E-state index is 11.2. The third-order valence-electron chi connectivity index (χ3n) is 3.23. The van der Waals surface area contributed by atoms with Crippen molar-refractivity contribution in [1.29, 1.82) is 0 Å². The van der Waals surface area contributed by atoms with Gasteiger partial charge in [-0.2, -0.15) is 0 Å². The first-order valence-electron chi connectivity index (χ1n) is 6.19. The van der Waals surface area contributed by atoms with E-state index < -0.39 is 0 Å². The molecule has 0 atom stereocenters. The maximum absolute atomic E-state index is 11.2. The third kappa shape index (κ3) is 2.05. The molecule has 2 rings (SSSR count). The van der Waals surface area contributed by atoms with Gasteiger partial charge in [0.25, 0.3) is 0 Å². The molecule has 0 saturated carbocycles. The van der Waals surface area contributed by atoms with E-state index in [-0.39, 0.29) is 10.2 Å². The second kappa shape index (κ2) is 4.56. The van der Waals surface area contributed by atoms with Gasteiger partial charge in [-0.05, 0) is 20.8 Å². The lowest BCUT2D eigenvalue weighted by molar-refractivity contribution is -0.0910. The van der Waals surface area contributed by atoms with E-state index in [0.717, 1.165) is 11.4 Å². The molecular weight excluding hydrogens is 222 g/mol. The van der Waals surface area contributed by atoms with E-state index in [9.17, 15) is 5.21 Å². The van der Waals surface area contributed by atoms with E-state index in [0.29, 0.717) is 0 Å². The molecule has 0 heterocycles. The van der Waals surface area contributed by atoms with Gasteiger partial charge in [0, 0.05) is 24.3 Å². The molecule has 0 spiro atoms. The van der Waals surface area contributed by atoms with Crippen molar-refractivity contribution in [1.82, 2.24) is 4.65 Å². The molecule has 0 bridgehead atoms. The van der Waals surface area contributed by atoms with Gasteiger partial charge >= 0.3 is 0 Å². The second-order valence-electron chi connectivity index (χ2n) is 5.48. The summed E-state index contributed by atoms with van der Waals surface area (Å²) in [4.78, 5) is 0. The Morgan fingerprint density at radius 3 is 1.33 bits per heavy atom. The summed E-state index contributed by atoms with van der Waals surface area (Å²) in [7, 11) is 0. The molecule has 0 saturated heterocycles. The Kier molecular flexibility index (Phi) is 3.24. The molecule has 94 valence electrons. The predicted molar refractivity (Wildman–Crippen MR) is 75.9 cm³/mol. The highest BCUT2D eigenvalue weighted by molar-refractivity contribution is 5.57. The number of para-hydroxylation sites is 2. The molecule has 2 aromatic rings. The average molecular weight is 242 g/mol. The summed E-state index contributed by atoms with van der Waals surface area (Å²) in [5.41, 5.74) is 1.40. The monoisotopic (exact) mass is 242 g/mol. The zero-order chi connectivity index (χ0) is 13.2. The minimum absolute atomic E-state index is 0.200. The summed E-state index contributed by atoms with van der Waals surface area (Å²) in [6, 6.07) is 19.6. The van der Waals surface area contributed by atoms with Crippen molar-refractivity contribution in [3.8, 4) is 0 Å². The Bertz CT molecular complexity index is 460. The van der Waals surface area contributed by atoms with E-state index in [1.807, 2.05) is 81.4 Å². The molecular formula is C16H20NO+. The standard InChI is InChI=1S/C16H20NO/c1-16(2,3)17(18,14-10-6-4-7-11-14)15-12-8-5-9-13-15/h4-13,18H,1-3H3/q+1. The lowest BCUT2D eigenvalue weighted by Gasteiger charge is -2.40. The summed E-state index contributed by atoms with van der Waals surface area (Å²) < 4.78 is -0.200. The smallest absolute Gasteiger partial charge is 0.170 e. The number of hydrogen-bond donors (Lipinski definition) is 1. The Morgan fingerprint density at radius 2 is 1.06 bits per heavy atom. The number of nitrogens with zero attached hydrogens (tertiary/aromatic N) is 1. The van der Waals surface area contributed by atoms with Gasteiger partial charge in [-0.1, -0.05) is 36.4 Å². The molecule has 0 radical (unpaired) electrons. The largest absolute Gasteiger partial charge is 0.206 e. The topological polar surface area (TPSA) is 20.2 Å². The fourth-order valence-corrected chi connectivity index (χ4v) is 2.21. The van der Waals surface area contributed by atoms with Crippen LogP contribution in [0.4, 0.5) is 11.4 Å². The van der Waals surface area contributed by atoms with Gasteiger partial charge in [0.2, 0.25) is 0 Å². The quantitative estimate of drug-likeness (QED) is 0.606. The summed E-state index contributed by atoms with van der Waals surface area (Å²) in [6.45, 7) is 6.10. The molecule has 0 aliphatic carbocycles. The van der Waals surface area contributed by atoms with Crippen molar-refractivity contribution in [2.75, 3.05) is 0 Å². The number of hydrogen-bond acceptors (Lipinski definition) is 1. The van der Waals surface area contributed by atoms with Crippen LogP contribution in [0.3, 0.4) is 0 Å². The van der Waals surface area contributed by atoms with Crippen LogP contribution in [0, 0.1) is 0 Å². The van der Waals surface area contributed by atoms with Gasteiger partial charge in [0.15, 0.2) is 11.4 Å². The number of hydroxylamine groups is 1. The molecule has 2 heteroatoms. The molecule has 1 N–H and O–H groups in total. The maximum Gasteiger partial charge on any atom is 0.170 e. The first-order valence-corrected chi connectivity index (χ1v) is 6.19. The van der Waals surface area contributed by atoms with E-state index in [4.69, 9.17) is 0 Å². The predicted octanol–water partition coefficient (Wildman–Crippen LogP) is 4.51. The van der Waals surface area contributed by atoms with Gasteiger partial charge in [-0.25, -0.2) is 5.21 Å². The molecule has 0 aliphatic heterocycles. The van der Waals surface area contributed by atoms with Crippen LogP contribution in [-0.4, -0.2) is 10.7 Å². The third-order valence-corrected chi connectivity index (χ3v) is 3.23. The molecule has 2 aromatic carbocycles. The van der Waals surface area contributed by atoms with Crippen LogP contribution in [0.2, 0.25) is 0 Å². The van der Waals surface area contributed by atoms with Crippen molar-refractivity contribution in [3.63, 3.8) is 0 Å². The molecule has 0 unspecified atom stereocenters. The highest BCUT2D eigenvalue weighted by atomic mass is 16.6. The molecule has 0 aliphatic rings. The number of rotatable bonds is 2. The minimum atomic E-state index is -0.345. The van der Waals surface area contributed by atoms with Gasteiger partial charge in [0.05, 0.1) is 0 Å². The average Bonchev–Trinajstić information content (AvgIpc) is 2.38. The molecule has 0 amide bonds. The van der Waals surface area contributed by atoms with Gasteiger partial charge in [-0.15, -0.1) is 4.65 Å².